The molecule has 2 aromatic heterocycles. The van der Waals surface area contributed by atoms with Crippen molar-refractivity contribution in [2.75, 3.05) is 20.1 Å². The molecule has 0 spiro atoms. The lowest BCUT2D eigenvalue weighted by Gasteiger charge is -2.12. The minimum Gasteiger partial charge on any atom is -0.306 e. The van der Waals surface area contributed by atoms with Crippen LogP contribution in [0.1, 0.15) is 12.2 Å². The van der Waals surface area contributed by atoms with Crippen LogP contribution in [0.2, 0.25) is 0 Å². The SMILES string of the molecule is CN1CCC(Cc2nc3cccnc3n2-c2ccc(F)cc2)C1. The van der Waals surface area contributed by atoms with Crippen LogP contribution in [-0.2, 0) is 6.42 Å². The van der Waals surface area contributed by atoms with Crippen molar-refractivity contribution in [1.82, 2.24) is 19.4 Å². The zero-order valence-electron chi connectivity index (χ0n) is 13.1. The van der Waals surface area contributed by atoms with E-state index in [1.165, 1.54) is 18.6 Å². The zero-order valence-corrected chi connectivity index (χ0v) is 13.1. The number of benzene rings is 1. The third-order valence-corrected chi connectivity index (χ3v) is 4.53. The second-order valence-electron chi connectivity index (χ2n) is 6.31. The normalized spacial score (nSPS) is 18.8. The summed E-state index contributed by atoms with van der Waals surface area (Å²) in [6.07, 6.45) is 3.88. The Balaban J connectivity index is 1.79. The van der Waals surface area contributed by atoms with E-state index in [2.05, 4.69) is 21.5 Å². The minimum atomic E-state index is -0.231. The van der Waals surface area contributed by atoms with E-state index in [9.17, 15) is 4.39 Å². The van der Waals surface area contributed by atoms with Gasteiger partial charge in [0.1, 0.15) is 17.2 Å². The first-order valence-electron chi connectivity index (χ1n) is 7.97. The number of fused-ring (bicyclic) bond motifs is 1. The van der Waals surface area contributed by atoms with Gasteiger partial charge >= 0.3 is 0 Å². The van der Waals surface area contributed by atoms with Crippen LogP contribution in [0.3, 0.4) is 0 Å². The van der Waals surface area contributed by atoms with Crippen LogP contribution in [0.15, 0.2) is 42.6 Å². The summed E-state index contributed by atoms with van der Waals surface area (Å²) in [5.74, 6) is 1.38. The molecule has 0 N–H and O–H groups in total. The van der Waals surface area contributed by atoms with Crippen molar-refractivity contribution in [1.29, 1.82) is 0 Å². The van der Waals surface area contributed by atoms with Crippen molar-refractivity contribution in [2.45, 2.75) is 12.8 Å². The molecule has 1 atom stereocenters. The summed E-state index contributed by atoms with van der Waals surface area (Å²) >= 11 is 0. The summed E-state index contributed by atoms with van der Waals surface area (Å²) in [6.45, 7) is 2.24. The average molecular weight is 310 g/mol. The molecule has 1 aromatic carbocycles. The molecule has 1 aliphatic rings. The van der Waals surface area contributed by atoms with Crippen LogP contribution in [0.4, 0.5) is 4.39 Å². The molecule has 1 aliphatic heterocycles. The monoisotopic (exact) mass is 310 g/mol. The predicted octanol–water partition coefficient (Wildman–Crippen LogP) is 3.05. The molecule has 5 heteroatoms. The van der Waals surface area contributed by atoms with Crippen molar-refractivity contribution >= 4 is 11.2 Å². The Morgan fingerprint density at radius 1 is 1.22 bits per heavy atom. The van der Waals surface area contributed by atoms with Gasteiger partial charge in [-0.25, -0.2) is 14.4 Å². The summed E-state index contributed by atoms with van der Waals surface area (Å²) in [4.78, 5) is 11.6. The van der Waals surface area contributed by atoms with E-state index in [-0.39, 0.29) is 5.82 Å². The number of hydrogen-bond donors (Lipinski definition) is 0. The third-order valence-electron chi connectivity index (χ3n) is 4.53. The molecule has 4 nitrogen and oxygen atoms in total. The van der Waals surface area contributed by atoms with E-state index in [4.69, 9.17) is 4.98 Å². The second-order valence-corrected chi connectivity index (χ2v) is 6.31. The molecular weight excluding hydrogens is 291 g/mol. The Morgan fingerprint density at radius 2 is 2.04 bits per heavy atom. The van der Waals surface area contributed by atoms with Crippen molar-refractivity contribution in [3.05, 3.63) is 54.2 Å². The van der Waals surface area contributed by atoms with Gasteiger partial charge in [-0.05, 0) is 62.3 Å². The summed E-state index contributed by atoms with van der Waals surface area (Å²) in [5, 5.41) is 0. The first-order chi connectivity index (χ1) is 11.2. The molecule has 4 rings (SSSR count). The van der Waals surface area contributed by atoms with E-state index in [1.807, 2.05) is 12.1 Å². The fourth-order valence-electron chi connectivity index (χ4n) is 3.41. The third kappa shape index (κ3) is 2.72. The lowest BCUT2D eigenvalue weighted by molar-refractivity contribution is 0.392. The van der Waals surface area contributed by atoms with Crippen LogP contribution in [0, 0.1) is 11.7 Å². The van der Waals surface area contributed by atoms with E-state index in [0.717, 1.165) is 42.2 Å². The minimum absolute atomic E-state index is 0.231. The molecule has 1 fully saturated rings. The molecule has 3 heterocycles. The molecule has 118 valence electrons. The van der Waals surface area contributed by atoms with Gasteiger partial charge in [0.25, 0.3) is 0 Å². The number of imidazole rings is 1. The number of likely N-dealkylation sites (tertiary alicyclic amines) is 1. The van der Waals surface area contributed by atoms with Gasteiger partial charge in [0.2, 0.25) is 0 Å². The van der Waals surface area contributed by atoms with Gasteiger partial charge in [-0.3, -0.25) is 4.57 Å². The number of aromatic nitrogens is 3. The first kappa shape index (κ1) is 14.3. The van der Waals surface area contributed by atoms with Crippen LogP contribution < -0.4 is 0 Å². The van der Waals surface area contributed by atoms with Crippen LogP contribution in [-0.4, -0.2) is 39.6 Å². The molecule has 3 aromatic rings. The average Bonchev–Trinajstić information content (AvgIpc) is 3.12. The maximum absolute atomic E-state index is 13.3. The fraction of sp³-hybridized carbons (Fsp3) is 0.333. The number of hydrogen-bond acceptors (Lipinski definition) is 3. The quantitative estimate of drug-likeness (QED) is 0.745. The van der Waals surface area contributed by atoms with Gasteiger partial charge in [0.05, 0.1) is 0 Å². The Hall–Kier alpha value is -2.27. The summed E-state index contributed by atoms with van der Waals surface area (Å²) in [5.41, 5.74) is 2.63. The molecule has 1 saturated heterocycles. The van der Waals surface area contributed by atoms with Crippen molar-refractivity contribution in [3.63, 3.8) is 0 Å². The smallest absolute Gasteiger partial charge is 0.164 e. The maximum atomic E-state index is 13.3. The van der Waals surface area contributed by atoms with Gasteiger partial charge in [0.15, 0.2) is 5.65 Å². The van der Waals surface area contributed by atoms with E-state index in [0.29, 0.717) is 5.92 Å². The van der Waals surface area contributed by atoms with Gasteiger partial charge < -0.3 is 4.90 Å². The summed E-state index contributed by atoms with van der Waals surface area (Å²) in [6, 6.07) is 10.4. The number of halogens is 1. The Bertz CT molecular complexity index is 825. The molecule has 0 saturated carbocycles. The molecule has 0 bridgehead atoms. The zero-order chi connectivity index (χ0) is 15.8. The largest absolute Gasteiger partial charge is 0.306 e. The van der Waals surface area contributed by atoms with Gasteiger partial charge in [-0.1, -0.05) is 0 Å². The highest BCUT2D eigenvalue weighted by Gasteiger charge is 2.23. The van der Waals surface area contributed by atoms with Crippen molar-refractivity contribution in [3.8, 4) is 5.69 Å². The highest BCUT2D eigenvalue weighted by molar-refractivity contribution is 5.73. The number of pyridine rings is 1. The number of nitrogens with zero attached hydrogens (tertiary/aromatic N) is 4. The van der Waals surface area contributed by atoms with Gasteiger partial charge in [-0.2, -0.15) is 0 Å². The van der Waals surface area contributed by atoms with Crippen molar-refractivity contribution in [2.24, 2.45) is 5.92 Å². The lowest BCUT2D eigenvalue weighted by Crippen LogP contribution is -2.16. The van der Waals surface area contributed by atoms with Crippen LogP contribution >= 0.6 is 0 Å². The van der Waals surface area contributed by atoms with Crippen LogP contribution in [0.25, 0.3) is 16.9 Å². The maximum Gasteiger partial charge on any atom is 0.164 e. The Labute approximate surface area is 134 Å². The molecule has 0 aliphatic carbocycles. The molecule has 23 heavy (non-hydrogen) atoms. The first-order valence-corrected chi connectivity index (χ1v) is 7.97. The topological polar surface area (TPSA) is 34.0 Å². The number of rotatable bonds is 3. The Kier molecular flexibility index (Phi) is 3.58. The van der Waals surface area contributed by atoms with E-state index in [1.54, 1.807) is 18.3 Å². The van der Waals surface area contributed by atoms with E-state index < -0.39 is 0 Å². The fourth-order valence-corrected chi connectivity index (χ4v) is 3.41. The van der Waals surface area contributed by atoms with E-state index >= 15 is 0 Å². The lowest BCUT2D eigenvalue weighted by atomic mass is 10.0. The van der Waals surface area contributed by atoms with Crippen LogP contribution in [0.5, 0.6) is 0 Å². The molecule has 1 unspecified atom stereocenters. The predicted molar refractivity (Wildman–Crippen MR) is 88.1 cm³/mol. The highest BCUT2D eigenvalue weighted by Crippen LogP contribution is 2.25. The summed E-state index contributed by atoms with van der Waals surface area (Å²) < 4.78 is 15.3. The molecule has 0 amide bonds. The highest BCUT2D eigenvalue weighted by atomic mass is 19.1. The molecule has 0 radical (unpaired) electrons. The standard InChI is InChI=1S/C18H19FN4/c1-22-10-8-13(12-22)11-17-21-16-3-2-9-20-18(16)23(17)15-6-4-14(19)5-7-15/h2-7,9,13H,8,10-12H2,1H3. The Morgan fingerprint density at radius 3 is 2.78 bits per heavy atom. The summed E-state index contributed by atoms with van der Waals surface area (Å²) in [7, 11) is 2.16. The van der Waals surface area contributed by atoms with Gasteiger partial charge in [0, 0.05) is 24.8 Å². The molecular formula is C18H19FN4. The van der Waals surface area contributed by atoms with Gasteiger partial charge in [-0.15, -0.1) is 0 Å². The van der Waals surface area contributed by atoms with Crippen molar-refractivity contribution < 1.29 is 4.39 Å². The second kappa shape index (κ2) is 5.74.